The molecule has 0 aliphatic carbocycles. The summed E-state index contributed by atoms with van der Waals surface area (Å²) >= 11 is 6.11. The number of para-hydroxylation sites is 1. The van der Waals surface area contributed by atoms with Crippen molar-refractivity contribution in [1.29, 1.82) is 0 Å². The number of benzene rings is 2. The van der Waals surface area contributed by atoms with E-state index in [1.54, 1.807) is 0 Å². The maximum atomic E-state index is 12.5. The lowest BCUT2D eigenvalue weighted by atomic mass is 9.96. The zero-order chi connectivity index (χ0) is 19.8. The molecule has 0 spiro atoms. The molecule has 2 atom stereocenters. The fourth-order valence-electron chi connectivity index (χ4n) is 3.47. The fourth-order valence-corrected chi connectivity index (χ4v) is 3.66. The molecule has 6 heteroatoms. The Labute approximate surface area is 171 Å². The average molecular weight is 403 g/mol. The van der Waals surface area contributed by atoms with Crippen molar-refractivity contribution in [2.45, 2.75) is 25.6 Å². The van der Waals surface area contributed by atoms with Gasteiger partial charge in [0.05, 0.1) is 25.2 Å². The maximum absolute atomic E-state index is 12.5. The zero-order valence-electron chi connectivity index (χ0n) is 15.9. The number of hydrogen-bond acceptors (Lipinski definition) is 4. The summed E-state index contributed by atoms with van der Waals surface area (Å²) in [4.78, 5) is 14.7. The highest BCUT2D eigenvalue weighted by Gasteiger charge is 2.27. The van der Waals surface area contributed by atoms with Gasteiger partial charge in [-0.2, -0.15) is 0 Å². The van der Waals surface area contributed by atoms with Crippen LogP contribution in [-0.2, 0) is 16.1 Å². The topological polar surface area (TPSA) is 61.8 Å². The molecule has 1 saturated heterocycles. The Bertz CT molecular complexity index is 756. The molecule has 28 heavy (non-hydrogen) atoms. The highest BCUT2D eigenvalue weighted by molar-refractivity contribution is 6.31. The van der Waals surface area contributed by atoms with Crippen LogP contribution in [0.2, 0.25) is 5.02 Å². The van der Waals surface area contributed by atoms with Crippen molar-refractivity contribution in [3.05, 3.63) is 65.2 Å². The number of carbonyl (C=O) groups excluding carboxylic acids is 1. The molecule has 2 aromatic rings. The molecule has 2 unspecified atom stereocenters. The number of likely N-dealkylation sites (tertiary alicyclic amines) is 1. The summed E-state index contributed by atoms with van der Waals surface area (Å²) in [5.41, 5.74) is 1.73. The first kappa shape index (κ1) is 20.8. The van der Waals surface area contributed by atoms with Crippen LogP contribution < -0.4 is 5.32 Å². The highest BCUT2D eigenvalue weighted by Crippen LogP contribution is 2.19. The summed E-state index contributed by atoms with van der Waals surface area (Å²) in [6.45, 7) is 2.65. The summed E-state index contributed by atoms with van der Waals surface area (Å²) in [6, 6.07) is 17.0. The number of nitrogens with zero attached hydrogens (tertiary/aromatic N) is 1. The molecule has 0 bridgehead atoms. The van der Waals surface area contributed by atoms with Crippen LogP contribution in [0.5, 0.6) is 0 Å². The van der Waals surface area contributed by atoms with E-state index in [4.69, 9.17) is 16.3 Å². The quantitative estimate of drug-likeness (QED) is 0.708. The van der Waals surface area contributed by atoms with Gasteiger partial charge in [0.25, 0.3) is 0 Å². The average Bonchev–Trinajstić information content (AvgIpc) is 2.70. The number of nitrogens with one attached hydrogen (secondary N) is 1. The van der Waals surface area contributed by atoms with Crippen molar-refractivity contribution < 1.29 is 14.6 Å². The van der Waals surface area contributed by atoms with E-state index < -0.39 is 6.10 Å². The van der Waals surface area contributed by atoms with Crippen LogP contribution in [0.4, 0.5) is 5.69 Å². The van der Waals surface area contributed by atoms with Gasteiger partial charge in [0, 0.05) is 23.8 Å². The summed E-state index contributed by atoms with van der Waals surface area (Å²) in [6.07, 6.45) is 1.22. The SMILES string of the molecule is O=C(Nc1ccccc1)C1CCCN(CC(O)COCc2ccccc2Cl)C1. The first-order chi connectivity index (χ1) is 13.6. The maximum Gasteiger partial charge on any atom is 0.228 e. The van der Waals surface area contributed by atoms with Crippen molar-refractivity contribution in [2.24, 2.45) is 5.92 Å². The predicted octanol–water partition coefficient (Wildman–Crippen LogP) is 3.57. The van der Waals surface area contributed by atoms with Crippen molar-refractivity contribution in [3.63, 3.8) is 0 Å². The molecule has 1 aliphatic heterocycles. The largest absolute Gasteiger partial charge is 0.389 e. The summed E-state index contributed by atoms with van der Waals surface area (Å²) in [5.74, 6) is -0.0226. The number of piperidine rings is 1. The normalized spacial score (nSPS) is 18.6. The molecular weight excluding hydrogens is 376 g/mol. The third-order valence-electron chi connectivity index (χ3n) is 4.91. The minimum atomic E-state index is -0.599. The molecule has 0 saturated carbocycles. The second-order valence-electron chi connectivity index (χ2n) is 7.21. The lowest BCUT2D eigenvalue weighted by Crippen LogP contribution is -2.44. The summed E-state index contributed by atoms with van der Waals surface area (Å²) in [5, 5.41) is 14.0. The van der Waals surface area contributed by atoms with E-state index in [9.17, 15) is 9.90 Å². The Balaban J connectivity index is 1.41. The second-order valence-corrected chi connectivity index (χ2v) is 7.62. The molecule has 1 heterocycles. The Hall–Kier alpha value is -1.92. The van der Waals surface area contributed by atoms with Crippen LogP contribution in [0.3, 0.4) is 0 Å². The first-order valence-corrected chi connectivity index (χ1v) is 10.1. The molecular formula is C22H27ClN2O3. The molecule has 1 aliphatic rings. The molecule has 5 nitrogen and oxygen atoms in total. The van der Waals surface area contributed by atoms with Gasteiger partial charge in [-0.3, -0.25) is 9.69 Å². The third-order valence-corrected chi connectivity index (χ3v) is 5.28. The fraction of sp³-hybridized carbons (Fsp3) is 0.409. The summed E-state index contributed by atoms with van der Waals surface area (Å²) in [7, 11) is 0. The van der Waals surface area contributed by atoms with Gasteiger partial charge in [0.1, 0.15) is 0 Å². The van der Waals surface area contributed by atoms with Gasteiger partial charge in [0.15, 0.2) is 0 Å². The van der Waals surface area contributed by atoms with E-state index >= 15 is 0 Å². The van der Waals surface area contributed by atoms with Crippen molar-refractivity contribution in [3.8, 4) is 0 Å². The molecule has 0 aromatic heterocycles. The molecule has 150 valence electrons. The van der Waals surface area contributed by atoms with Gasteiger partial charge in [-0.15, -0.1) is 0 Å². The number of β-amino-alcohol motifs (C(OH)–C–C–N with tert-alkyl or cyclic N) is 1. The molecule has 3 rings (SSSR count). The molecule has 2 aromatic carbocycles. The van der Waals surface area contributed by atoms with Gasteiger partial charge in [-0.05, 0) is 43.1 Å². The van der Waals surface area contributed by atoms with E-state index in [-0.39, 0.29) is 18.4 Å². The number of halogens is 1. The Morgan fingerprint density at radius 2 is 1.96 bits per heavy atom. The molecule has 1 amide bonds. The van der Waals surface area contributed by atoms with Crippen LogP contribution in [0, 0.1) is 5.92 Å². The molecule has 1 fully saturated rings. The highest BCUT2D eigenvalue weighted by atomic mass is 35.5. The standard InChI is InChI=1S/C22H27ClN2O3/c23-21-11-5-4-7-18(21)15-28-16-20(26)14-25-12-6-8-17(13-25)22(27)24-19-9-2-1-3-10-19/h1-5,7,9-11,17,20,26H,6,8,12-16H2,(H,24,27). The van der Waals surface area contributed by atoms with E-state index in [1.165, 1.54) is 0 Å². The van der Waals surface area contributed by atoms with Gasteiger partial charge in [0.2, 0.25) is 5.91 Å². The van der Waals surface area contributed by atoms with Crippen LogP contribution >= 0.6 is 11.6 Å². The smallest absolute Gasteiger partial charge is 0.228 e. The molecule has 0 radical (unpaired) electrons. The van der Waals surface area contributed by atoms with Crippen molar-refractivity contribution in [1.82, 2.24) is 4.90 Å². The van der Waals surface area contributed by atoms with Crippen LogP contribution in [0.1, 0.15) is 18.4 Å². The lowest BCUT2D eigenvalue weighted by molar-refractivity contribution is -0.121. The minimum Gasteiger partial charge on any atom is -0.389 e. The lowest BCUT2D eigenvalue weighted by Gasteiger charge is -2.33. The number of rotatable bonds is 8. The Morgan fingerprint density at radius 3 is 2.75 bits per heavy atom. The van der Waals surface area contributed by atoms with Crippen LogP contribution in [0.25, 0.3) is 0 Å². The molecule has 2 N–H and O–H groups in total. The Morgan fingerprint density at radius 1 is 1.21 bits per heavy atom. The number of hydrogen-bond donors (Lipinski definition) is 2. The van der Waals surface area contributed by atoms with Crippen LogP contribution in [-0.4, -0.2) is 48.3 Å². The first-order valence-electron chi connectivity index (χ1n) is 9.69. The second kappa shape index (κ2) is 10.6. The van der Waals surface area contributed by atoms with Gasteiger partial charge in [-0.1, -0.05) is 48.0 Å². The van der Waals surface area contributed by atoms with Gasteiger partial charge >= 0.3 is 0 Å². The zero-order valence-corrected chi connectivity index (χ0v) is 16.6. The number of amides is 1. The van der Waals surface area contributed by atoms with Gasteiger partial charge in [-0.25, -0.2) is 0 Å². The predicted molar refractivity (Wildman–Crippen MR) is 111 cm³/mol. The number of carbonyl (C=O) groups is 1. The number of aliphatic hydroxyl groups is 1. The van der Waals surface area contributed by atoms with E-state index in [2.05, 4.69) is 10.2 Å². The minimum absolute atomic E-state index is 0.0420. The number of ether oxygens (including phenoxy) is 1. The van der Waals surface area contributed by atoms with Gasteiger partial charge < -0.3 is 15.2 Å². The van der Waals surface area contributed by atoms with E-state index in [1.807, 2.05) is 54.6 Å². The van der Waals surface area contributed by atoms with E-state index in [0.717, 1.165) is 30.6 Å². The third kappa shape index (κ3) is 6.31. The van der Waals surface area contributed by atoms with E-state index in [0.29, 0.717) is 24.7 Å². The van der Waals surface area contributed by atoms with Crippen molar-refractivity contribution >= 4 is 23.2 Å². The summed E-state index contributed by atoms with van der Waals surface area (Å²) < 4.78 is 5.62. The van der Waals surface area contributed by atoms with Crippen LogP contribution in [0.15, 0.2) is 54.6 Å². The Kier molecular flexibility index (Phi) is 7.86. The number of anilines is 1. The van der Waals surface area contributed by atoms with Crippen molar-refractivity contribution in [2.75, 3.05) is 31.6 Å². The monoisotopic (exact) mass is 402 g/mol. The number of aliphatic hydroxyl groups excluding tert-OH is 1.